The van der Waals surface area contributed by atoms with Gasteiger partial charge in [-0.15, -0.1) is 0 Å². The number of ether oxygens (including phenoxy) is 1. The summed E-state index contributed by atoms with van der Waals surface area (Å²) < 4.78 is 41.7. The molecule has 1 aromatic rings. The van der Waals surface area contributed by atoms with Crippen LogP contribution in [0.15, 0.2) is 17.1 Å². The van der Waals surface area contributed by atoms with Crippen LogP contribution in [0.4, 0.5) is 13.2 Å². The van der Waals surface area contributed by atoms with Gasteiger partial charge >= 0.3 is 12.1 Å². The summed E-state index contributed by atoms with van der Waals surface area (Å²) in [6.45, 7) is 1.74. The maximum absolute atomic E-state index is 12.4. The second-order valence-electron chi connectivity index (χ2n) is 3.23. The maximum atomic E-state index is 12.4. The Morgan fingerprint density at radius 2 is 2.12 bits per heavy atom. The Balaban J connectivity index is 2.98. The van der Waals surface area contributed by atoms with Crippen molar-refractivity contribution in [2.75, 3.05) is 6.61 Å². The highest BCUT2D eigenvalue weighted by Gasteiger charge is 2.34. The molecule has 0 bridgehead atoms. The monoisotopic (exact) mass is 249 g/mol. The molecule has 4 nitrogen and oxygen atoms in total. The standard InChI is InChI=1S/C10H10F3NO3/c1-2-17-8(15)4-6-3-7(10(11,12)13)9(16)14-5-6/h3,5H,2,4H2,1H3,(H,14,16). The predicted octanol–water partition coefficient (Wildman–Crippen LogP) is 1.50. The number of aromatic amines is 1. The van der Waals surface area contributed by atoms with Crippen molar-refractivity contribution in [2.24, 2.45) is 0 Å². The Morgan fingerprint density at radius 3 is 2.65 bits per heavy atom. The fourth-order valence-corrected chi connectivity index (χ4v) is 1.22. The summed E-state index contributed by atoms with van der Waals surface area (Å²) >= 11 is 0. The van der Waals surface area contributed by atoms with E-state index in [9.17, 15) is 22.8 Å². The van der Waals surface area contributed by atoms with Crippen LogP contribution in [0.3, 0.4) is 0 Å². The van der Waals surface area contributed by atoms with Crippen LogP contribution >= 0.6 is 0 Å². The molecule has 0 atom stereocenters. The van der Waals surface area contributed by atoms with Gasteiger partial charge in [-0.2, -0.15) is 13.2 Å². The van der Waals surface area contributed by atoms with Crippen molar-refractivity contribution in [3.8, 4) is 0 Å². The molecule has 0 spiro atoms. The third kappa shape index (κ3) is 3.61. The number of pyridine rings is 1. The molecule has 0 unspecified atom stereocenters. The molecule has 1 rings (SSSR count). The molecule has 0 amide bonds. The highest BCUT2D eigenvalue weighted by atomic mass is 19.4. The van der Waals surface area contributed by atoms with Gasteiger partial charge in [0.2, 0.25) is 0 Å². The molecule has 7 heteroatoms. The summed E-state index contributed by atoms with van der Waals surface area (Å²) in [5.74, 6) is -0.646. The van der Waals surface area contributed by atoms with Gasteiger partial charge in [-0.1, -0.05) is 0 Å². The van der Waals surface area contributed by atoms with Crippen molar-refractivity contribution < 1.29 is 22.7 Å². The minimum absolute atomic E-state index is 0.0513. The summed E-state index contributed by atoms with van der Waals surface area (Å²) in [6.07, 6.45) is -3.99. The lowest BCUT2D eigenvalue weighted by Gasteiger charge is -2.07. The second kappa shape index (κ2) is 5.03. The smallest absolute Gasteiger partial charge is 0.421 e. The van der Waals surface area contributed by atoms with Gasteiger partial charge in [-0.05, 0) is 18.6 Å². The highest BCUT2D eigenvalue weighted by molar-refractivity contribution is 5.72. The van der Waals surface area contributed by atoms with Gasteiger partial charge in [0.1, 0.15) is 5.56 Å². The van der Waals surface area contributed by atoms with Gasteiger partial charge in [-0.25, -0.2) is 0 Å². The van der Waals surface area contributed by atoms with E-state index < -0.39 is 23.3 Å². The van der Waals surface area contributed by atoms with E-state index in [-0.39, 0.29) is 18.6 Å². The molecule has 0 fully saturated rings. The number of carbonyl (C=O) groups is 1. The van der Waals surface area contributed by atoms with E-state index in [0.29, 0.717) is 6.07 Å². The zero-order valence-corrected chi connectivity index (χ0v) is 8.93. The lowest BCUT2D eigenvalue weighted by Crippen LogP contribution is -2.22. The van der Waals surface area contributed by atoms with Crippen LogP contribution in [-0.2, 0) is 22.1 Å². The molecule has 17 heavy (non-hydrogen) atoms. The van der Waals surface area contributed by atoms with E-state index in [1.807, 2.05) is 4.98 Å². The van der Waals surface area contributed by atoms with Gasteiger partial charge in [0.25, 0.3) is 5.56 Å². The molecular weight excluding hydrogens is 239 g/mol. The summed E-state index contributed by atoms with van der Waals surface area (Å²) in [6, 6.07) is 0.649. The molecule has 94 valence electrons. The molecule has 1 heterocycles. The van der Waals surface area contributed by atoms with Crippen LogP contribution in [-0.4, -0.2) is 17.6 Å². The third-order valence-corrected chi connectivity index (χ3v) is 1.92. The normalized spacial score (nSPS) is 11.3. The number of halogens is 3. The number of esters is 1. The molecule has 0 saturated carbocycles. The van der Waals surface area contributed by atoms with E-state index in [2.05, 4.69) is 4.74 Å². The lowest BCUT2D eigenvalue weighted by molar-refractivity contribution is -0.143. The molecule has 0 aliphatic heterocycles. The van der Waals surface area contributed by atoms with Crippen molar-refractivity contribution in [2.45, 2.75) is 19.5 Å². The van der Waals surface area contributed by atoms with Crippen molar-refractivity contribution in [1.82, 2.24) is 4.98 Å². The minimum Gasteiger partial charge on any atom is -0.466 e. The van der Waals surface area contributed by atoms with Gasteiger partial charge in [0.05, 0.1) is 13.0 Å². The number of nitrogens with one attached hydrogen (secondary N) is 1. The first kappa shape index (κ1) is 13.3. The van der Waals surface area contributed by atoms with Crippen molar-refractivity contribution in [3.63, 3.8) is 0 Å². The first-order chi connectivity index (χ1) is 7.84. The van der Waals surface area contributed by atoms with Crippen molar-refractivity contribution >= 4 is 5.97 Å². The van der Waals surface area contributed by atoms with E-state index in [1.54, 1.807) is 6.92 Å². The average molecular weight is 249 g/mol. The number of hydrogen-bond donors (Lipinski definition) is 1. The molecule has 0 radical (unpaired) electrons. The third-order valence-electron chi connectivity index (χ3n) is 1.92. The number of hydrogen-bond acceptors (Lipinski definition) is 3. The number of aromatic nitrogens is 1. The van der Waals surface area contributed by atoms with Crippen molar-refractivity contribution in [1.29, 1.82) is 0 Å². The van der Waals surface area contributed by atoms with Crippen LogP contribution in [0.2, 0.25) is 0 Å². The van der Waals surface area contributed by atoms with Crippen molar-refractivity contribution in [3.05, 3.63) is 33.7 Å². The molecule has 0 aromatic carbocycles. The molecule has 1 aromatic heterocycles. The van der Waals surface area contributed by atoms with Crippen LogP contribution in [0.25, 0.3) is 0 Å². The Bertz CT molecular complexity index is 465. The van der Waals surface area contributed by atoms with Crippen LogP contribution < -0.4 is 5.56 Å². The van der Waals surface area contributed by atoms with Gasteiger partial charge in [0, 0.05) is 6.20 Å². The molecule has 1 N–H and O–H groups in total. The largest absolute Gasteiger partial charge is 0.466 e. The van der Waals surface area contributed by atoms with E-state index in [4.69, 9.17) is 0 Å². The summed E-state index contributed by atoms with van der Waals surface area (Å²) in [5, 5.41) is 0. The zero-order valence-electron chi connectivity index (χ0n) is 8.93. The SMILES string of the molecule is CCOC(=O)Cc1c[nH]c(=O)c(C(F)(F)F)c1. The second-order valence-corrected chi connectivity index (χ2v) is 3.23. The average Bonchev–Trinajstić information content (AvgIpc) is 2.19. The number of rotatable bonds is 3. The molecule has 0 saturated heterocycles. The fraction of sp³-hybridized carbons (Fsp3) is 0.400. The topological polar surface area (TPSA) is 59.2 Å². The Morgan fingerprint density at radius 1 is 1.47 bits per heavy atom. The molecular formula is C10H10F3NO3. The number of alkyl halides is 3. The number of carbonyl (C=O) groups excluding carboxylic acids is 1. The Labute approximate surface area is 94.4 Å². The van der Waals surface area contributed by atoms with E-state index >= 15 is 0 Å². The Kier molecular flexibility index (Phi) is 3.93. The Hall–Kier alpha value is -1.79. The first-order valence-electron chi connectivity index (χ1n) is 4.79. The maximum Gasteiger partial charge on any atom is 0.421 e. The zero-order chi connectivity index (χ0) is 13.1. The first-order valence-corrected chi connectivity index (χ1v) is 4.79. The fourth-order valence-electron chi connectivity index (χ4n) is 1.22. The lowest BCUT2D eigenvalue weighted by atomic mass is 10.1. The van der Waals surface area contributed by atoms with Crippen LogP contribution in [0, 0.1) is 0 Å². The summed E-state index contributed by atoms with van der Waals surface area (Å²) in [7, 11) is 0. The van der Waals surface area contributed by atoms with Gasteiger partial charge < -0.3 is 9.72 Å². The van der Waals surface area contributed by atoms with Gasteiger partial charge in [-0.3, -0.25) is 9.59 Å². The van der Waals surface area contributed by atoms with Crippen LogP contribution in [0.1, 0.15) is 18.1 Å². The molecule has 0 aliphatic rings. The van der Waals surface area contributed by atoms with Crippen LogP contribution in [0.5, 0.6) is 0 Å². The highest BCUT2D eigenvalue weighted by Crippen LogP contribution is 2.26. The summed E-state index contributed by atoms with van der Waals surface area (Å²) in [4.78, 5) is 23.9. The van der Waals surface area contributed by atoms with E-state index in [0.717, 1.165) is 6.20 Å². The summed E-state index contributed by atoms with van der Waals surface area (Å²) in [5.41, 5.74) is -2.50. The predicted molar refractivity (Wildman–Crippen MR) is 52.4 cm³/mol. The number of H-pyrrole nitrogens is 1. The quantitative estimate of drug-likeness (QED) is 0.826. The van der Waals surface area contributed by atoms with Gasteiger partial charge in [0.15, 0.2) is 0 Å². The van der Waals surface area contributed by atoms with E-state index in [1.165, 1.54) is 0 Å². The molecule has 0 aliphatic carbocycles. The minimum atomic E-state index is -4.74.